The van der Waals surface area contributed by atoms with Crippen LogP contribution in [0.25, 0.3) is 0 Å². The molecule has 0 aliphatic heterocycles. The molecule has 0 saturated carbocycles. The Balaban J connectivity index is 3.79. The van der Waals surface area contributed by atoms with Gasteiger partial charge >= 0.3 is 0 Å². The number of hydrogen-bond acceptors (Lipinski definition) is 3. The number of rotatable bonds is 7. The first kappa shape index (κ1) is 13.0. The zero-order chi connectivity index (χ0) is 10.1. The Hall–Kier alpha value is 0.01000. The molecule has 0 bridgehead atoms. The number of ether oxygens (including phenoxy) is 1. The van der Waals surface area contributed by atoms with Crippen LogP contribution in [0, 0.1) is 0 Å². The van der Waals surface area contributed by atoms with Gasteiger partial charge in [-0.05, 0) is 13.5 Å². The molecule has 0 radical (unpaired) electrons. The average Bonchev–Trinajstić information content (AvgIpc) is 2.13. The summed E-state index contributed by atoms with van der Waals surface area (Å²) in [6.07, 6.45) is 4.23. The fourth-order valence-corrected chi connectivity index (χ4v) is 1.40. The molecule has 3 heteroatoms. The lowest BCUT2D eigenvalue weighted by Gasteiger charge is -2.25. The minimum absolute atomic E-state index is 0.486. The summed E-state index contributed by atoms with van der Waals surface area (Å²) in [7, 11) is 1.74. The van der Waals surface area contributed by atoms with E-state index >= 15 is 0 Å². The van der Waals surface area contributed by atoms with Gasteiger partial charge in [0, 0.05) is 25.4 Å². The third-order valence-corrected chi connectivity index (χ3v) is 2.26. The second-order valence-electron chi connectivity index (χ2n) is 3.05. The van der Waals surface area contributed by atoms with Gasteiger partial charge in [-0.2, -0.15) is 12.6 Å². The van der Waals surface area contributed by atoms with E-state index in [4.69, 9.17) is 4.74 Å². The molecule has 0 aromatic heterocycles. The number of methoxy groups -OCH3 is 1. The van der Waals surface area contributed by atoms with Crippen LogP contribution in [0.3, 0.4) is 0 Å². The summed E-state index contributed by atoms with van der Waals surface area (Å²) in [5.41, 5.74) is 0. The third-order valence-electron chi connectivity index (χ3n) is 2.05. The highest BCUT2D eigenvalue weighted by Crippen LogP contribution is 1.99. The Bertz CT molecular complexity index is 139. The molecule has 0 aliphatic rings. The highest BCUT2D eigenvalue weighted by Gasteiger charge is 2.08. The van der Waals surface area contributed by atoms with Crippen molar-refractivity contribution in [2.75, 3.05) is 32.6 Å². The van der Waals surface area contributed by atoms with E-state index in [2.05, 4.69) is 43.5 Å². The topological polar surface area (TPSA) is 12.5 Å². The lowest BCUT2D eigenvalue weighted by molar-refractivity contribution is 0.110. The van der Waals surface area contributed by atoms with Crippen molar-refractivity contribution in [3.8, 4) is 0 Å². The van der Waals surface area contributed by atoms with Gasteiger partial charge in [-0.15, -0.1) is 0 Å². The zero-order valence-corrected chi connectivity index (χ0v) is 9.76. The predicted octanol–water partition coefficient (Wildman–Crippen LogP) is 1.83. The van der Waals surface area contributed by atoms with Crippen molar-refractivity contribution < 1.29 is 4.74 Å². The molecule has 1 atom stereocenters. The van der Waals surface area contributed by atoms with E-state index in [0.29, 0.717) is 6.04 Å². The van der Waals surface area contributed by atoms with E-state index in [9.17, 15) is 0 Å². The Morgan fingerprint density at radius 1 is 1.46 bits per heavy atom. The van der Waals surface area contributed by atoms with Crippen molar-refractivity contribution in [2.24, 2.45) is 0 Å². The fourth-order valence-electron chi connectivity index (χ4n) is 1.25. The molecule has 0 amide bonds. The van der Waals surface area contributed by atoms with Crippen molar-refractivity contribution in [3.63, 3.8) is 0 Å². The highest BCUT2D eigenvalue weighted by atomic mass is 32.1. The van der Waals surface area contributed by atoms with Crippen LogP contribution < -0.4 is 0 Å². The Labute approximate surface area is 87.4 Å². The van der Waals surface area contributed by atoms with Crippen LogP contribution in [0.4, 0.5) is 0 Å². The molecule has 1 unspecified atom stereocenters. The number of hydrogen-bond donors (Lipinski definition) is 1. The van der Waals surface area contributed by atoms with Gasteiger partial charge in [-0.1, -0.05) is 19.1 Å². The molecular weight excluding hydrogens is 182 g/mol. The summed E-state index contributed by atoms with van der Waals surface area (Å²) < 4.78 is 5.11. The van der Waals surface area contributed by atoms with Crippen molar-refractivity contribution >= 4 is 12.6 Å². The van der Waals surface area contributed by atoms with Crippen LogP contribution in [0.15, 0.2) is 12.2 Å². The molecular formula is C10H21NOS. The molecule has 78 valence electrons. The van der Waals surface area contributed by atoms with Crippen molar-refractivity contribution in [1.29, 1.82) is 0 Å². The average molecular weight is 203 g/mol. The molecule has 0 fully saturated rings. The summed E-state index contributed by atoms with van der Waals surface area (Å²) in [6.45, 7) is 7.19. The summed E-state index contributed by atoms with van der Waals surface area (Å²) in [5, 5.41) is 0. The predicted molar refractivity (Wildman–Crippen MR) is 61.6 cm³/mol. The van der Waals surface area contributed by atoms with Crippen LogP contribution in [0.1, 0.15) is 13.8 Å². The minimum Gasteiger partial charge on any atom is -0.383 e. The summed E-state index contributed by atoms with van der Waals surface area (Å²) in [4.78, 5) is 2.36. The number of nitrogens with zero attached hydrogens (tertiary/aromatic N) is 1. The largest absolute Gasteiger partial charge is 0.383 e. The summed E-state index contributed by atoms with van der Waals surface area (Å²) >= 11 is 4.12. The van der Waals surface area contributed by atoms with Crippen LogP contribution in [0.5, 0.6) is 0 Å². The van der Waals surface area contributed by atoms with Gasteiger partial charge < -0.3 is 4.74 Å². The molecule has 0 heterocycles. The molecule has 2 nitrogen and oxygen atoms in total. The van der Waals surface area contributed by atoms with Gasteiger partial charge in [0.25, 0.3) is 0 Å². The van der Waals surface area contributed by atoms with Gasteiger partial charge in [0.1, 0.15) is 0 Å². The second kappa shape index (κ2) is 8.60. The maximum atomic E-state index is 5.11. The van der Waals surface area contributed by atoms with Crippen LogP contribution >= 0.6 is 12.6 Å². The minimum atomic E-state index is 0.486. The molecule has 0 aromatic rings. The Kier molecular flexibility index (Phi) is 8.61. The monoisotopic (exact) mass is 203 g/mol. The normalized spacial score (nSPS) is 14.2. The van der Waals surface area contributed by atoms with E-state index in [1.807, 2.05) is 0 Å². The second-order valence-corrected chi connectivity index (χ2v) is 3.41. The Morgan fingerprint density at radius 2 is 2.15 bits per heavy atom. The van der Waals surface area contributed by atoms with E-state index in [-0.39, 0.29) is 0 Å². The van der Waals surface area contributed by atoms with Gasteiger partial charge in [-0.25, -0.2) is 0 Å². The molecule has 0 saturated heterocycles. The van der Waals surface area contributed by atoms with Crippen LogP contribution in [0.2, 0.25) is 0 Å². The molecule has 0 rings (SSSR count). The standard InChI is InChI=1S/C10H21NOS/c1-4-11(7-5-6-8-13)10(2)9-12-3/h5-6,10,13H,4,7-9H2,1-3H3. The third kappa shape index (κ3) is 6.13. The lowest BCUT2D eigenvalue weighted by Crippen LogP contribution is -2.36. The van der Waals surface area contributed by atoms with E-state index in [1.54, 1.807) is 7.11 Å². The first-order valence-corrected chi connectivity index (χ1v) is 5.38. The fraction of sp³-hybridized carbons (Fsp3) is 0.800. The smallest absolute Gasteiger partial charge is 0.0615 e. The summed E-state index contributed by atoms with van der Waals surface area (Å²) in [6, 6.07) is 0.486. The molecule has 0 N–H and O–H groups in total. The van der Waals surface area contributed by atoms with Crippen LogP contribution in [-0.4, -0.2) is 43.5 Å². The first-order valence-electron chi connectivity index (χ1n) is 4.75. The summed E-state index contributed by atoms with van der Waals surface area (Å²) in [5.74, 6) is 0.816. The van der Waals surface area contributed by atoms with Gasteiger partial charge in [0.2, 0.25) is 0 Å². The lowest BCUT2D eigenvalue weighted by atomic mass is 10.3. The van der Waals surface area contributed by atoms with Crippen molar-refractivity contribution in [2.45, 2.75) is 19.9 Å². The quantitative estimate of drug-likeness (QED) is 0.500. The molecule has 13 heavy (non-hydrogen) atoms. The molecule has 0 aromatic carbocycles. The SMILES string of the molecule is CCN(CC=CCS)C(C)COC. The van der Waals surface area contributed by atoms with Crippen LogP contribution in [-0.2, 0) is 4.74 Å². The molecule has 0 spiro atoms. The molecule has 0 aliphatic carbocycles. The maximum Gasteiger partial charge on any atom is 0.0615 e. The van der Waals surface area contributed by atoms with Gasteiger partial charge in [0.15, 0.2) is 0 Å². The first-order chi connectivity index (χ1) is 6.26. The van der Waals surface area contributed by atoms with Crippen molar-refractivity contribution in [3.05, 3.63) is 12.2 Å². The van der Waals surface area contributed by atoms with E-state index in [1.165, 1.54) is 0 Å². The van der Waals surface area contributed by atoms with Crippen molar-refractivity contribution in [1.82, 2.24) is 4.90 Å². The van der Waals surface area contributed by atoms with E-state index < -0.39 is 0 Å². The Morgan fingerprint density at radius 3 is 2.62 bits per heavy atom. The highest BCUT2D eigenvalue weighted by molar-refractivity contribution is 7.80. The van der Waals surface area contributed by atoms with Gasteiger partial charge in [0.05, 0.1) is 6.61 Å². The van der Waals surface area contributed by atoms with Gasteiger partial charge in [-0.3, -0.25) is 4.90 Å². The number of likely N-dealkylation sites (N-methyl/N-ethyl adjacent to an activating group) is 1. The zero-order valence-electron chi connectivity index (χ0n) is 8.86. The maximum absolute atomic E-state index is 5.11. The van der Waals surface area contributed by atoms with E-state index in [0.717, 1.165) is 25.4 Å². The number of thiol groups is 1.